The van der Waals surface area contributed by atoms with Gasteiger partial charge in [-0.1, -0.05) is 12.1 Å². The zero-order valence-corrected chi connectivity index (χ0v) is 18.1. The van der Waals surface area contributed by atoms with Gasteiger partial charge >= 0.3 is 5.97 Å². The molecule has 2 amide bonds. The number of piperidine rings is 1. The summed E-state index contributed by atoms with van der Waals surface area (Å²) in [6, 6.07) is 7.30. The molecule has 1 heterocycles. The van der Waals surface area contributed by atoms with E-state index >= 15 is 0 Å². The standard InChI is InChI=1S/C21H30N2O4S/c1-14-9-8-10-15(2)23(14)20(25)16(3)27-21(26)17-11-6-7-12-18(17)28-13-19(24)22(4)5/h6-7,11-12,14-16H,8-10,13H2,1-5H3/t14-,15+,16-/m1/s1. The van der Waals surface area contributed by atoms with Crippen molar-refractivity contribution < 1.29 is 19.1 Å². The van der Waals surface area contributed by atoms with Crippen LogP contribution in [0.25, 0.3) is 0 Å². The lowest BCUT2D eigenvalue weighted by Gasteiger charge is -2.40. The fourth-order valence-corrected chi connectivity index (χ4v) is 4.39. The molecule has 2 rings (SSSR count). The molecule has 0 spiro atoms. The maximum Gasteiger partial charge on any atom is 0.340 e. The van der Waals surface area contributed by atoms with Crippen molar-refractivity contribution in [2.24, 2.45) is 0 Å². The lowest BCUT2D eigenvalue weighted by molar-refractivity contribution is -0.146. The molecule has 1 aliphatic heterocycles. The molecule has 6 nitrogen and oxygen atoms in total. The average Bonchev–Trinajstić information content (AvgIpc) is 2.65. The summed E-state index contributed by atoms with van der Waals surface area (Å²) in [6.07, 6.45) is 2.19. The number of hydrogen-bond acceptors (Lipinski definition) is 5. The number of benzene rings is 1. The van der Waals surface area contributed by atoms with E-state index in [1.165, 1.54) is 16.7 Å². The number of amides is 2. The third kappa shape index (κ3) is 5.50. The first-order valence-electron chi connectivity index (χ1n) is 9.67. The molecule has 28 heavy (non-hydrogen) atoms. The highest BCUT2D eigenvalue weighted by Gasteiger charge is 2.33. The van der Waals surface area contributed by atoms with E-state index in [0.717, 1.165) is 19.3 Å². The zero-order valence-electron chi connectivity index (χ0n) is 17.3. The zero-order chi connectivity index (χ0) is 20.8. The molecule has 0 aromatic heterocycles. The van der Waals surface area contributed by atoms with E-state index in [9.17, 15) is 14.4 Å². The van der Waals surface area contributed by atoms with Crippen LogP contribution in [0.15, 0.2) is 29.2 Å². The van der Waals surface area contributed by atoms with Gasteiger partial charge in [-0.2, -0.15) is 0 Å². The third-order valence-electron chi connectivity index (χ3n) is 5.04. The third-order valence-corrected chi connectivity index (χ3v) is 6.09. The Morgan fingerprint density at radius 1 is 1.18 bits per heavy atom. The number of hydrogen-bond donors (Lipinski definition) is 0. The monoisotopic (exact) mass is 406 g/mol. The van der Waals surface area contributed by atoms with Crippen LogP contribution >= 0.6 is 11.8 Å². The first-order valence-corrected chi connectivity index (χ1v) is 10.7. The Hall–Kier alpha value is -2.02. The van der Waals surface area contributed by atoms with Gasteiger partial charge in [-0.05, 0) is 52.2 Å². The first-order chi connectivity index (χ1) is 13.2. The second-order valence-corrected chi connectivity index (χ2v) is 8.51. The van der Waals surface area contributed by atoms with Gasteiger partial charge in [-0.15, -0.1) is 11.8 Å². The molecule has 1 aliphatic rings. The summed E-state index contributed by atoms with van der Waals surface area (Å²) in [5.74, 6) is -0.501. The molecule has 1 aromatic carbocycles. The van der Waals surface area contributed by atoms with Gasteiger partial charge in [0.15, 0.2) is 6.10 Å². The van der Waals surface area contributed by atoms with E-state index in [4.69, 9.17) is 4.74 Å². The predicted molar refractivity (Wildman–Crippen MR) is 110 cm³/mol. The van der Waals surface area contributed by atoms with Crippen LogP contribution in [0.1, 0.15) is 50.4 Å². The van der Waals surface area contributed by atoms with Crippen molar-refractivity contribution in [2.75, 3.05) is 19.8 Å². The fraction of sp³-hybridized carbons (Fsp3) is 0.571. The molecule has 0 N–H and O–H groups in total. The Bertz CT molecular complexity index is 712. The van der Waals surface area contributed by atoms with E-state index in [0.29, 0.717) is 10.5 Å². The average molecular weight is 407 g/mol. The molecule has 0 saturated carbocycles. The molecule has 1 aromatic rings. The van der Waals surface area contributed by atoms with Gasteiger partial charge < -0.3 is 14.5 Å². The summed E-state index contributed by atoms with van der Waals surface area (Å²) in [6.45, 7) is 5.70. The molecular weight excluding hydrogens is 376 g/mol. The Morgan fingerprint density at radius 3 is 2.39 bits per heavy atom. The highest BCUT2D eigenvalue weighted by Crippen LogP contribution is 2.26. The minimum atomic E-state index is -0.850. The molecule has 1 fully saturated rings. The SMILES string of the molecule is C[C@@H]1CCC[C@H](C)N1C(=O)[C@@H](C)OC(=O)c1ccccc1SCC(=O)N(C)C. The van der Waals surface area contributed by atoms with E-state index in [1.54, 1.807) is 39.2 Å². The number of esters is 1. The Morgan fingerprint density at radius 2 is 1.79 bits per heavy atom. The van der Waals surface area contributed by atoms with Gasteiger partial charge in [0.1, 0.15) is 0 Å². The molecular formula is C21H30N2O4S. The van der Waals surface area contributed by atoms with E-state index in [2.05, 4.69) is 0 Å². The molecule has 3 atom stereocenters. The smallest absolute Gasteiger partial charge is 0.340 e. The van der Waals surface area contributed by atoms with Crippen molar-refractivity contribution >= 4 is 29.5 Å². The van der Waals surface area contributed by atoms with E-state index in [-0.39, 0.29) is 29.7 Å². The molecule has 0 aliphatic carbocycles. The predicted octanol–water partition coefficient (Wildman–Crippen LogP) is 3.20. The highest BCUT2D eigenvalue weighted by atomic mass is 32.2. The molecule has 0 radical (unpaired) electrons. The first kappa shape index (κ1) is 22.3. The summed E-state index contributed by atoms with van der Waals surface area (Å²) < 4.78 is 5.50. The van der Waals surface area contributed by atoms with Gasteiger partial charge in [0.05, 0.1) is 11.3 Å². The van der Waals surface area contributed by atoms with Crippen molar-refractivity contribution in [3.63, 3.8) is 0 Å². The minimum absolute atomic E-state index is 0.0372. The van der Waals surface area contributed by atoms with Crippen molar-refractivity contribution in [3.8, 4) is 0 Å². The van der Waals surface area contributed by atoms with Crippen LogP contribution in [-0.4, -0.2) is 65.6 Å². The fourth-order valence-electron chi connectivity index (χ4n) is 3.37. The molecule has 1 saturated heterocycles. The van der Waals surface area contributed by atoms with Crippen molar-refractivity contribution in [2.45, 2.75) is 63.1 Å². The van der Waals surface area contributed by atoms with Crippen LogP contribution in [0.3, 0.4) is 0 Å². The van der Waals surface area contributed by atoms with E-state index in [1.807, 2.05) is 24.8 Å². The largest absolute Gasteiger partial charge is 0.449 e. The maximum atomic E-state index is 12.9. The number of thioether (sulfide) groups is 1. The molecule has 0 unspecified atom stereocenters. The summed E-state index contributed by atoms with van der Waals surface area (Å²) in [5, 5.41) is 0. The van der Waals surface area contributed by atoms with Gasteiger partial charge in [0.25, 0.3) is 5.91 Å². The highest BCUT2D eigenvalue weighted by molar-refractivity contribution is 8.00. The number of carbonyl (C=O) groups excluding carboxylic acids is 3. The van der Waals surface area contributed by atoms with Crippen LogP contribution < -0.4 is 0 Å². The Labute approximate surface area is 171 Å². The molecule has 0 bridgehead atoms. The van der Waals surface area contributed by atoms with Crippen LogP contribution in [-0.2, 0) is 14.3 Å². The van der Waals surface area contributed by atoms with Crippen molar-refractivity contribution in [3.05, 3.63) is 29.8 Å². The minimum Gasteiger partial charge on any atom is -0.449 e. The Balaban J connectivity index is 2.05. The number of likely N-dealkylation sites (tertiary alicyclic amines) is 1. The van der Waals surface area contributed by atoms with Gasteiger partial charge in [0, 0.05) is 31.1 Å². The van der Waals surface area contributed by atoms with Crippen LogP contribution in [0.4, 0.5) is 0 Å². The summed E-state index contributed by atoms with van der Waals surface area (Å²) >= 11 is 1.29. The quantitative estimate of drug-likeness (QED) is 0.536. The number of rotatable bonds is 6. The van der Waals surface area contributed by atoms with E-state index < -0.39 is 12.1 Å². The lowest BCUT2D eigenvalue weighted by Crippen LogP contribution is -2.51. The maximum absolute atomic E-state index is 12.9. The lowest BCUT2D eigenvalue weighted by atomic mass is 9.97. The van der Waals surface area contributed by atoms with Gasteiger partial charge in [0.2, 0.25) is 5.91 Å². The number of ether oxygens (including phenoxy) is 1. The normalized spacial score (nSPS) is 20.4. The van der Waals surface area contributed by atoms with Crippen LogP contribution in [0.5, 0.6) is 0 Å². The van der Waals surface area contributed by atoms with Gasteiger partial charge in [-0.25, -0.2) is 4.79 Å². The topological polar surface area (TPSA) is 66.9 Å². The van der Waals surface area contributed by atoms with Gasteiger partial charge in [-0.3, -0.25) is 9.59 Å². The summed E-state index contributed by atoms with van der Waals surface area (Å²) in [7, 11) is 3.39. The summed E-state index contributed by atoms with van der Waals surface area (Å²) in [5.41, 5.74) is 0.374. The molecule has 7 heteroatoms. The van der Waals surface area contributed by atoms with Crippen LogP contribution in [0, 0.1) is 0 Å². The summed E-state index contributed by atoms with van der Waals surface area (Å²) in [4.78, 5) is 41.4. The number of carbonyl (C=O) groups is 3. The Kier molecular flexibility index (Phi) is 7.92. The second-order valence-electron chi connectivity index (χ2n) is 7.49. The van der Waals surface area contributed by atoms with Crippen LogP contribution in [0.2, 0.25) is 0 Å². The van der Waals surface area contributed by atoms with Crippen molar-refractivity contribution in [1.82, 2.24) is 9.80 Å². The molecule has 154 valence electrons. The second kappa shape index (κ2) is 9.96. The number of nitrogens with zero attached hydrogens (tertiary/aromatic N) is 2. The van der Waals surface area contributed by atoms with Crippen molar-refractivity contribution in [1.29, 1.82) is 0 Å².